The van der Waals surface area contributed by atoms with Gasteiger partial charge in [0.25, 0.3) is 0 Å². The Labute approximate surface area is 196 Å². The molecule has 1 fully saturated rings. The van der Waals surface area contributed by atoms with Gasteiger partial charge in [-0.2, -0.15) is 11.8 Å². The fourth-order valence-electron chi connectivity index (χ4n) is 4.51. The van der Waals surface area contributed by atoms with E-state index in [0.29, 0.717) is 12.0 Å². The van der Waals surface area contributed by atoms with Crippen molar-refractivity contribution in [3.63, 3.8) is 0 Å². The van der Waals surface area contributed by atoms with Crippen LogP contribution in [0.5, 0.6) is 5.75 Å². The molecule has 31 heavy (non-hydrogen) atoms. The third-order valence-electron chi connectivity index (χ3n) is 6.56. The number of fused-ring (bicyclic) bond motifs is 1. The van der Waals surface area contributed by atoms with Gasteiger partial charge in [0.2, 0.25) is 0 Å². The number of aliphatic hydroxyl groups excluding tert-OH is 1. The van der Waals surface area contributed by atoms with E-state index in [1.165, 1.54) is 47.6 Å². The van der Waals surface area contributed by atoms with Crippen LogP contribution in [0.3, 0.4) is 0 Å². The second-order valence-corrected chi connectivity index (χ2v) is 10.9. The minimum Gasteiger partial charge on any atom is -0.493 e. The molecule has 0 spiro atoms. The van der Waals surface area contributed by atoms with Gasteiger partial charge in [0.05, 0.1) is 18.9 Å². The summed E-state index contributed by atoms with van der Waals surface area (Å²) in [5.74, 6) is 3.96. The van der Waals surface area contributed by atoms with Gasteiger partial charge in [-0.3, -0.25) is 0 Å². The molecular formula is C26H35NO2S2. The second kappa shape index (κ2) is 11.0. The number of rotatable bonds is 8. The van der Waals surface area contributed by atoms with Crippen LogP contribution in [-0.2, 0) is 19.4 Å². The summed E-state index contributed by atoms with van der Waals surface area (Å²) in [6, 6.07) is 13.8. The summed E-state index contributed by atoms with van der Waals surface area (Å²) in [7, 11) is 0. The smallest absolute Gasteiger partial charge is 0.124 e. The Morgan fingerprint density at radius 1 is 1.10 bits per heavy atom. The number of thioether (sulfide) groups is 1. The van der Waals surface area contributed by atoms with Crippen molar-refractivity contribution in [1.82, 2.24) is 0 Å². The van der Waals surface area contributed by atoms with Crippen molar-refractivity contribution in [3.8, 4) is 5.75 Å². The maximum atomic E-state index is 9.99. The highest BCUT2D eigenvalue weighted by molar-refractivity contribution is 8.00. The molecule has 0 aromatic heterocycles. The average molecular weight is 458 g/mol. The summed E-state index contributed by atoms with van der Waals surface area (Å²) >= 11 is 3.84. The molecule has 0 saturated carbocycles. The molecule has 1 saturated heterocycles. The highest BCUT2D eigenvalue weighted by Crippen LogP contribution is 2.41. The van der Waals surface area contributed by atoms with Crippen LogP contribution in [-0.4, -0.2) is 29.3 Å². The Balaban J connectivity index is 1.50. The van der Waals surface area contributed by atoms with E-state index in [1.807, 2.05) is 11.8 Å². The quantitative estimate of drug-likeness (QED) is 0.457. The predicted octanol–water partition coefficient (Wildman–Crippen LogP) is 6.50. The van der Waals surface area contributed by atoms with E-state index in [2.05, 4.69) is 54.6 Å². The van der Waals surface area contributed by atoms with E-state index in [0.717, 1.165) is 42.1 Å². The molecule has 1 atom stereocenters. The van der Waals surface area contributed by atoms with Gasteiger partial charge in [0.15, 0.2) is 0 Å². The molecule has 2 aromatic carbocycles. The molecule has 2 aliphatic heterocycles. The van der Waals surface area contributed by atoms with Crippen LogP contribution in [0.25, 0.3) is 0 Å². The molecule has 2 aromatic rings. The molecule has 168 valence electrons. The standard InChI is InChI=1S/C26H35NO2S2/c1-3-19-5-9-25-21(15-19)6-7-23(4-2)27(25)31-24-8-10-26(22(16-24)17-28)29-18-20-11-13-30-14-12-20/h5,8-10,15-16,20,23,28H,3-4,6-7,11-14,17-18H2,1-2H3. The van der Waals surface area contributed by atoms with Crippen LogP contribution in [0, 0.1) is 5.92 Å². The topological polar surface area (TPSA) is 32.7 Å². The lowest BCUT2D eigenvalue weighted by Gasteiger charge is -2.37. The largest absolute Gasteiger partial charge is 0.493 e. The lowest BCUT2D eigenvalue weighted by atomic mass is 9.94. The van der Waals surface area contributed by atoms with Crippen molar-refractivity contribution >= 4 is 29.4 Å². The second-order valence-electron chi connectivity index (χ2n) is 8.63. The van der Waals surface area contributed by atoms with Gasteiger partial charge >= 0.3 is 0 Å². The summed E-state index contributed by atoms with van der Waals surface area (Å²) < 4.78 is 8.64. The molecular weight excluding hydrogens is 422 g/mol. The van der Waals surface area contributed by atoms with Crippen molar-refractivity contribution in [3.05, 3.63) is 53.1 Å². The number of hydrogen-bond acceptors (Lipinski definition) is 5. The number of aryl methyl sites for hydroxylation is 2. The van der Waals surface area contributed by atoms with Crippen LogP contribution in [0.4, 0.5) is 5.69 Å². The van der Waals surface area contributed by atoms with Gasteiger partial charge in [-0.1, -0.05) is 26.0 Å². The summed E-state index contributed by atoms with van der Waals surface area (Å²) in [5.41, 5.74) is 5.12. The Morgan fingerprint density at radius 3 is 2.68 bits per heavy atom. The maximum absolute atomic E-state index is 9.99. The number of ether oxygens (including phenoxy) is 1. The van der Waals surface area contributed by atoms with Gasteiger partial charge in [0, 0.05) is 16.5 Å². The predicted molar refractivity (Wildman–Crippen MR) is 134 cm³/mol. The molecule has 0 radical (unpaired) electrons. The van der Waals surface area contributed by atoms with E-state index >= 15 is 0 Å². The van der Waals surface area contributed by atoms with Crippen LogP contribution >= 0.6 is 23.7 Å². The highest BCUT2D eigenvalue weighted by atomic mass is 32.2. The SMILES string of the molecule is CCc1ccc2c(c1)CCC(CC)N2Sc1ccc(OCC2CCSCC2)c(CO)c1. The fraction of sp³-hybridized carbons (Fsp3) is 0.538. The summed E-state index contributed by atoms with van der Waals surface area (Å²) in [5, 5.41) is 9.99. The van der Waals surface area contributed by atoms with Gasteiger partial charge in [-0.25, -0.2) is 0 Å². The zero-order chi connectivity index (χ0) is 21.6. The first-order valence-electron chi connectivity index (χ1n) is 11.7. The first-order chi connectivity index (χ1) is 15.2. The van der Waals surface area contributed by atoms with E-state index in [4.69, 9.17) is 4.74 Å². The Hall–Kier alpha value is -1.30. The number of hydrogen-bond donors (Lipinski definition) is 1. The van der Waals surface area contributed by atoms with Crippen molar-refractivity contribution in [2.75, 3.05) is 22.4 Å². The number of benzene rings is 2. The fourth-order valence-corrected chi connectivity index (χ4v) is 6.95. The van der Waals surface area contributed by atoms with Crippen LogP contribution in [0.2, 0.25) is 0 Å². The van der Waals surface area contributed by atoms with Gasteiger partial charge in [-0.05, 0) is 103 Å². The molecule has 2 aliphatic rings. The van der Waals surface area contributed by atoms with Crippen LogP contribution in [0.1, 0.15) is 56.2 Å². The van der Waals surface area contributed by atoms with Gasteiger partial charge in [-0.15, -0.1) is 0 Å². The number of anilines is 1. The first-order valence-corrected chi connectivity index (χ1v) is 13.7. The molecule has 0 bridgehead atoms. The van der Waals surface area contributed by atoms with Crippen molar-refractivity contribution in [1.29, 1.82) is 0 Å². The summed E-state index contributed by atoms with van der Waals surface area (Å²) in [6.07, 6.45) is 7.04. The Morgan fingerprint density at radius 2 is 1.94 bits per heavy atom. The van der Waals surface area contributed by atoms with Crippen molar-refractivity contribution < 1.29 is 9.84 Å². The third-order valence-corrected chi connectivity index (χ3v) is 8.77. The van der Waals surface area contributed by atoms with E-state index in [-0.39, 0.29) is 6.61 Å². The molecule has 0 amide bonds. The highest BCUT2D eigenvalue weighted by Gasteiger charge is 2.26. The lowest BCUT2D eigenvalue weighted by Crippen LogP contribution is -2.33. The summed E-state index contributed by atoms with van der Waals surface area (Å²) in [6.45, 7) is 5.28. The minimum absolute atomic E-state index is 0.0118. The average Bonchev–Trinajstić information content (AvgIpc) is 2.83. The van der Waals surface area contributed by atoms with Gasteiger partial charge < -0.3 is 14.1 Å². The normalized spacial score (nSPS) is 19.3. The zero-order valence-corrected chi connectivity index (χ0v) is 20.4. The molecule has 3 nitrogen and oxygen atoms in total. The first kappa shape index (κ1) is 22.9. The third kappa shape index (κ3) is 5.55. The molecule has 1 unspecified atom stereocenters. The number of nitrogens with zero attached hydrogens (tertiary/aromatic N) is 1. The van der Waals surface area contributed by atoms with Crippen LogP contribution < -0.4 is 9.04 Å². The molecule has 2 heterocycles. The lowest BCUT2D eigenvalue weighted by molar-refractivity contribution is 0.226. The van der Waals surface area contributed by atoms with E-state index < -0.39 is 0 Å². The van der Waals surface area contributed by atoms with Crippen molar-refractivity contribution in [2.24, 2.45) is 5.92 Å². The summed E-state index contributed by atoms with van der Waals surface area (Å²) in [4.78, 5) is 1.16. The molecule has 4 rings (SSSR count). The van der Waals surface area contributed by atoms with E-state index in [1.54, 1.807) is 11.9 Å². The molecule has 0 aliphatic carbocycles. The van der Waals surface area contributed by atoms with Gasteiger partial charge in [0.1, 0.15) is 5.75 Å². The Kier molecular flexibility index (Phi) is 8.13. The zero-order valence-electron chi connectivity index (χ0n) is 18.8. The molecule has 1 N–H and O–H groups in total. The molecule has 5 heteroatoms. The van der Waals surface area contributed by atoms with Crippen LogP contribution in [0.15, 0.2) is 41.3 Å². The van der Waals surface area contributed by atoms with Crippen molar-refractivity contribution in [2.45, 2.75) is 69.9 Å². The number of aliphatic hydroxyl groups is 1. The Bertz CT molecular complexity index is 866. The minimum atomic E-state index is 0.0118. The van der Waals surface area contributed by atoms with E-state index in [9.17, 15) is 5.11 Å². The maximum Gasteiger partial charge on any atom is 0.124 e. The monoisotopic (exact) mass is 457 g/mol.